The monoisotopic (exact) mass is 289 g/mol. The van der Waals surface area contributed by atoms with Gasteiger partial charge in [0.1, 0.15) is 5.82 Å². The number of nitrogens with one attached hydrogen (secondary N) is 1. The van der Waals surface area contributed by atoms with Gasteiger partial charge in [0.25, 0.3) is 0 Å². The molecule has 0 aromatic carbocycles. The van der Waals surface area contributed by atoms with E-state index in [1.54, 1.807) is 0 Å². The molecule has 1 aromatic heterocycles. The lowest BCUT2D eigenvalue weighted by Crippen LogP contribution is -2.40. The molecule has 1 atom stereocenters. The molecule has 2 rings (SSSR count). The fourth-order valence-electron chi connectivity index (χ4n) is 3.23. The Kier molecular flexibility index (Phi) is 6.04. The van der Waals surface area contributed by atoms with Crippen molar-refractivity contribution in [3.63, 3.8) is 0 Å². The van der Waals surface area contributed by atoms with Crippen LogP contribution >= 0.6 is 0 Å². The molecule has 0 bridgehead atoms. The van der Waals surface area contributed by atoms with Crippen LogP contribution in [0.4, 0.5) is 5.82 Å². The molecule has 0 radical (unpaired) electrons. The number of hydrogen-bond donors (Lipinski definition) is 1. The molecule has 0 aliphatic carbocycles. The summed E-state index contributed by atoms with van der Waals surface area (Å²) in [5, 5.41) is 3.51. The van der Waals surface area contributed by atoms with Gasteiger partial charge in [0.05, 0.1) is 0 Å². The standard InChI is InChI=1S/C18H31N3/c1-5-8-17-9-6-7-10-21(17)18-12-16(11-15(4)20-18)13-19-14(2)3/h11-12,14,17,19H,5-10,13H2,1-4H3. The van der Waals surface area contributed by atoms with Crippen LogP contribution in [-0.2, 0) is 6.54 Å². The summed E-state index contributed by atoms with van der Waals surface area (Å²) in [5.41, 5.74) is 2.49. The normalized spacial score (nSPS) is 19.3. The SMILES string of the molecule is CCCC1CCCCN1c1cc(CNC(C)C)cc(C)n1. The number of pyridine rings is 1. The number of hydrogen-bond acceptors (Lipinski definition) is 3. The summed E-state index contributed by atoms with van der Waals surface area (Å²) in [6.45, 7) is 10.9. The quantitative estimate of drug-likeness (QED) is 0.856. The van der Waals surface area contributed by atoms with Crippen molar-refractivity contribution in [1.82, 2.24) is 10.3 Å². The molecule has 1 N–H and O–H groups in total. The fraction of sp³-hybridized carbons (Fsp3) is 0.722. The van der Waals surface area contributed by atoms with Crippen LogP contribution in [-0.4, -0.2) is 23.6 Å². The summed E-state index contributed by atoms with van der Waals surface area (Å²) < 4.78 is 0. The predicted molar refractivity (Wildman–Crippen MR) is 90.8 cm³/mol. The zero-order valence-corrected chi connectivity index (χ0v) is 14.2. The maximum absolute atomic E-state index is 4.82. The second-order valence-corrected chi connectivity index (χ2v) is 6.64. The van der Waals surface area contributed by atoms with Gasteiger partial charge in [-0.2, -0.15) is 0 Å². The van der Waals surface area contributed by atoms with Gasteiger partial charge in [-0.15, -0.1) is 0 Å². The van der Waals surface area contributed by atoms with Gasteiger partial charge in [-0.1, -0.05) is 27.2 Å². The topological polar surface area (TPSA) is 28.2 Å². The number of nitrogens with zero attached hydrogens (tertiary/aromatic N) is 2. The van der Waals surface area contributed by atoms with Crippen molar-refractivity contribution in [2.24, 2.45) is 0 Å². The zero-order chi connectivity index (χ0) is 15.2. The van der Waals surface area contributed by atoms with Crippen LogP contribution in [0.25, 0.3) is 0 Å². The molecule has 1 saturated heterocycles. The van der Waals surface area contributed by atoms with E-state index in [2.05, 4.69) is 50.0 Å². The van der Waals surface area contributed by atoms with Crippen molar-refractivity contribution in [2.45, 2.75) is 78.4 Å². The summed E-state index contributed by atoms with van der Waals surface area (Å²) in [5.74, 6) is 1.19. The lowest BCUT2D eigenvalue weighted by molar-refractivity contribution is 0.431. The Bertz CT molecular complexity index is 440. The van der Waals surface area contributed by atoms with Gasteiger partial charge >= 0.3 is 0 Å². The van der Waals surface area contributed by atoms with Crippen LogP contribution in [0.15, 0.2) is 12.1 Å². The lowest BCUT2D eigenvalue weighted by Gasteiger charge is -2.37. The van der Waals surface area contributed by atoms with Crippen molar-refractivity contribution < 1.29 is 0 Å². The van der Waals surface area contributed by atoms with Crippen LogP contribution in [0.3, 0.4) is 0 Å². The first kappa shape index (κ1) is 16.3. The van der Waals surface area contributed by atoms with E-state index in [1.165, 1.54) is 43.5 Å². The van der Waals surface area contributed by atoms with E-state index < -0.39 is 0 Å². The van der Waals surface area contributed by atoms with Crippen molar-refractivity contribution in [3.8, 4) is 0 Å². The predicted octanol–water partition coefficient (Wildman–Crippen LogP) is 4.05. The first-order chi connectivity index (χ1) is 10.1. The highest BCUT2D eigenvalue weighted by Gasteiger charge is 2.23. The first-order valence-corrected chi connectivity index (χ1v) is 8.57. The Labute approximate surface area is 130 Å². The Morgan fingerprint density at radius 1 is 1.33 bits per heavy atom. The summed E-state index contributed by atoms with van der Waals surface area (Å²) >= 11 is 0. The fourth-order valence-corrected chi connectivity index (χ4v) is 3.23. The van der Waals surface area contributed by atoms with Crippen molar-refractivity contribution in [2.75, 3.05) is 11.4 Å². The number of aromatic nitrogens is 1. The molecule has 3 nitrogen and oxygen atoms in total. The molecule has 0 amide bonds. The van der Waals surface area contributed by atoms with Gasteiger partial charge in [0.15, 0.2) is 0 Å². The van der Waals surface area contributed by atoms with E-state index in [1.807, 2.05) is 0 Å². The Morgan fingerprint density at radius 2 is 2.14 bits per heavy atom. The van der Waals surface area contributed by atoms with E-state index in [9.17, 15) is 0 Å². The van der Waals surface area contributed by atoms with Gasteiger partial charge < -0.3 is 10.2 Å². The third-order valence-corrected chi connectivity index (χ3v) is 4.26. The number of aryl methyl sites for hydroxylation is 1. The van der Waals surface area contributed by atoms with Gasteiger partial charge in [-0.3, -0.25) is 0 Å². The average Bonchev–Trinajstić information content (AvgIpc) is 2.45. The van der Waals surface area contributed by atoms with E-state index in [-0.39, 0.29) is 0 Å². The Morgan fingerprint density at radius 3 is 2.86 bits per heavy atom. The van der Waals surface area contributed by atoms with Crippen molar-refractivity contribution in [1.29, 1.82) is 0 Å². The zero-order valence-electron chi connectivity index (χ0n) is 14.2. The second-order valence-electron chi connectivity index (χ2n) is 6.64. The highest BCUT2D eigenvalue weighted by molar-refractivity contribution is 5.44. The molecule has 1 aliphatic rings. The van der Waals surface area contributed by atoms with E-state index in [0.29, 0.717) is 12.1 Å². The summed E-state index contributed by atoms with van der Waals surface area (Å²) in [7, 11) is 0. The van der Waals surface area contributed by atoms with Crippen LogP contribution in [0.2, 0.25) is 0 Å². The molecule has 21 heavy (non-hydrogen) atoms. The van der Waals surface area contributed by atoms with Crippen molar-refractivity contribution >= 4 is 5.82 Å². The lowest BCUT2D eigenvalue weighted by atomic mass is 9.98. The Balaban J connectivity index is 2.16. The number of rotatable bonds is 6. The molecular weight excluding hydrogens is 258 g/mol. The second kappa shape index (κ2) is 7.79. The summed E-state index contributed by atoms with van der Waals surface area (Å²) in [4.78, 5) is 7.37. The largest absolute Gasteiger partial charge is 0.354 e. The summed E-state index contributed by atoms with van der Waals surface area (Å²) in [6.07, 6.45) is 6.54. The van der Waals surface area contributed by atoms with E-state index >= 15 is 0 Å². The smallest absolute Gasteiger partial charge is 0.129 e. The molecule has 1 unspecified atom stereocenters. The molecule has 2 heterocycles. The maximum Gasteiger partial charge on any atom is 0.129 e. The molecule has 1 aromatic rings. The maximum atomic E-state index is 4.82. The molecule has 1 fully saturated rings. The van der Waals surface area contributed by atoms with Gasteiger partial charge in [0, 0.05) is 30.9 Å². The third-order valence-electron chi connectivity index (χ3n) is 4.26. The number of piperidine rings is 1. The minimum atomic E-state index is 0.518. The molecule has 0 spiro atoms. The molecule has 3 heteroatoms. The van der Waals surface area contributed by atoms with Crippen LogP contribution in [0.1, 0.15) is 64.1 Å². The minimum Gasteiger partial charge on any atom is -0.354 e. The van der Waals surface area contributed by atoms with Crippen LogP contribution in [0, 0.1) is 6.92 Å². The molecule has 118 valence electrons. The third kappa shape index (κ3) is 4.70. The Hall–Kier alpha value is -1.09. The van der Waals surface area contributed by atoms with Gasteiger partial charge in [-0.05, 0) is 50.3 Å². The highest BCUT2D eigenvalue weighted by atomic mass is 15.2. The summed E-state index contributed by atoms with van der Waals surface area (Å²) in [6, 6.07) is 5.70. The van der Waals surface area contributed by atoms with Crippen LogP contribution in [0.5, 0.6) is 0 Å². The highest BCUT2D eigenvalue weighted by Crippen LogP contribution is 2.27. The number of anilines is 1. The van der Waals surface area contributed by atoms with Crippen molar-refractivity contribution in [3.05, 3.63) is 23.4 Å². The molecular formula is C18H31N3. The molecule has 1 aliphatic heterocycles. The van der Waals surface area contributed by atoms with E-state index in [4.69, 9.17) is 4.98 Å². The minimum absolute atomic E-state index is 0.518. The van der Waals surface area contributed by atoms with Gasteiger partial charge in [0.2, 0.25) is 0 Å². The van der Waals surface area contributed by atoms with Crippen LogP contribution < -0.4 is 10.2 Å². The first-order valence-electron chi connectivity index (χ1n) is 8.57. The average molecular weight is 289 g/mol. The van der Waals surface area contributed by atoms with E-state index in [0.717, 1.165) is 18.8 Å². The molecule has 0 saturated carbocycles. The van der Waals surface area contributed by atoms with Gasteiger partial charge in [-0.25, -0.2) is 4.98 Å².